The summed E-state index contributed by atoms with van der Waals surface area (Å²) in [7, 11) is 4.73. The maximum Gasteiger partial charge on any atom is 0.345 e. The van der Waals surface area contributed by atoms with E-state index in [2.05, 4.69) is 4.98 Å². The van der Waals surface area contributed by atoms with Crippen molar-refractivity contribution in [1.82, 2.24) is 9.55 Å². The van der Waals surface area contributed by atoms with Crippen molar-refractivity contribution in [3.8, 4) is 17.1 Å². The highest BCUT2D eigenvalue weighted by Gasteiger charge is 2.30. The van der Waals surface area contributed by atoms with Gasteiger partial charge in [0.05, 0.1) is 13.7 Å². The van der Waals surface area contributed by atoms with Crippen LogP contribution in [-0.4, -0.2) is 49.7 Å². The van der Waals surface area contributed by atoms with Gasteiger partial charge in [0.15, 0.2) is 6.29 Å². The van der Waals surface area contributed by atoms with Crippen molar-refractivity contribution < 1.29 is 23.7 Å². The first kappa shape index (κ1) is 20.0. The molecule has 3 rings (SSSR count). The van der Waals surface area contributed by atoms with Crippen molar-refractivity contribution in [1.29, 1.82) is 0 Å². The van der Waals surface area contributed by atoms with E-state index in [1.807, 2.05) is 18.2 Å². The summed E-state index contributed by atoms with van der Waals surface area (Å²) >= 11 is 0. The molecular formula is C20H24N2O6. The molecule has 0 N–H and O–H groups in total. The Kier molecular flexibility index (Phi) is 6.11. The third kappa shape index (κ3) is 3.65. The number of esters is 1. The molecule has 150 valence electrons. The molecule has 0 saturated heterocycles. The van der Waals surface area contributed by atoms with Crippen molar-refractivity contribution in [2.45, 2.75) is 32.1 Å². The lowest BCUT2D eigenvalue weighted by molar-refractivity contribution is -0.110. The summed E-state index contributed by atoms with van der Waals surface area (Å²) in [5.74, 6) is 0.421. The zero-order chi connectivity index (χ0) is 20.3. The van der Waals surface area contributed by atoms with Crippen LogP contribution in [0, 0.1) is 0 Å². The number of rotatable bonds is 7. The molecule has 2 heterocycles. The minimum atomic E-state index is -0.671. The van der Waals surface area contributed by atoms with Crippen molar-refractivity contribution in [3.05, 3.63) is 45.9 Å². The van der Waals surface area contributed by atoms with E-state index in [9.17, 15) is 9.59 Å². The van der Waals surface area contributed by atoms with Gasteiger partial charge in [-0.25, -0.2) is 9.78 Å². The quantitative estimate of drug-likeness (QED) is 0.531. The second-order valence-corrected chi connectivity index (χ2v) is 6.42. The third-order valence-electron chi connectivity index (χ3n) is 4.89. The van der Waals surface area contributed by atoms with Gasteiger partial charge in [-0.2, -0.15) is 0 Å². The molecular weight excluding hydrogens is 364 g/mol. The summed E-state index contributed by atoms with van der Waals surface area (Å²) < 4.78 is 22.5. The maximum absolute atomic E-state index is 13.0. The Balaban J connectivity index is 2.13. The smallest absolute Gasteiger partial charge is 0.345 e. The number of hydrogen-bond acceptors (Lipinski definition) is 7. The van der Waals surface area contributed by atoms with Crippen LogP contribution in [0.1, 0.15) is 35.2 Å². The van der Waals surface area contributed by atoms with Crippen LogP contribution in [0.15, 0.2) is 29.2 Å². The molecule has 0 spiro atoms. The second kappa shape index (κ2) is 8.53. The molecule has 2 aromatic rings. The summed E-state index contributed by atoms with van der Waals surface area (Å²) in [5.41, 5.74) is 1.31. The average Bonchev–Trinajstić information content (AvgIpc) is 2.72. The molecule has 1 atom stereocenters. The highest BCUT2D eigenvalue weighted by atomic mass is 16.7. The molecule has 1 aliphatic heterocycles. The van der Waals surface area contributed by atoms with Crippen molar-refractivity contribution in [3.63, 3.8) is 0 Å². The van der Waals surface area contributed by atoms with Crippen molar-refractivity contribution in [2.24, 2.45) is 0 Å². The molecule has 0 aliphatic carbocycles. The lowest BCUT2D eigenvalue weighted by Gasteiger charge is -2.30. The number of nitrogens with zero attached hydrogens (tertiary/aromatic N) is 2. The molecule has 1 aliphatic rings. The zero-order valence-electron chi connectivity index (χ0n) is 16.4. The Bertz CT molecular complexity index is 919. The number of carbonyl (C=O) groups is 1. The number of carbonyl (C=O) groups excluding carboxylic acids is 1. The van der Waals surface area contributed by atoms with Crippen molar-refractivity contribution in [2.75, 3.05) is 27.9 Å². The van der Waals surface area contributed by atoms with E-state index in [1.54, 1.807) is 28.3 Å². The van der Waals surface area contributed by atoms with Gasteiger partial charge in [-0.05, 0) is 24.6 Å². The first-order valence-electron chi connectivity index (χ1n) is 9.04. The number of methoxy groups -OCH3 is 3. The third-order valence-corrected chi connectivity index (χ3v) is 4.89. The molecule has 0 fully saturated rings. The SMILES string of the molecule is CCOC(=O)c1cnc2n(c1=O)CC(CC(OC)OC)c1ccc(OC)cc1-2. The molecule has 1 unspecified atom stereocenters. The number of hydrogen-bond donors (Lipinski definition) is 0. The number of ether oxygens (including phenoxy) is 4. The predicted octanol–water partition coefficient (Wildman–Crippen LogP) is 2.20. The average molecular weight is 388 g/mol. The highest BCUT2D eigenvalue weighted by Crippen LogP contribution is 2.38. The van der Waals surface area contributed by atoms with Gasteiger partial charge in [0.2, 0.25) is 0 Å². The van der Waals surface area contributed by atoms with Crippen LogP contribution in [0.3, 0.4) is 0 Å². The Morgan fingerprint density at radius 2 is 2.04 bits per heavy atom. The van der Waals surface area contributed by atoms with E-state index >= 15 is 0 Å². The lowest BCUT2D eigenvalue weighted by atomic mass is 9.87. The van der Waals surface area contributed by atoms with Crippen LogP contribution >= 0.6 is 0 Å². The largest absolute Gasteiger partial charge is 0.497 e. The van der Waals surface area contributed by atoms with Crippen LogP contribution < -0.4 is 10.3 Å². The number of benzene rings is 1. The van der Waals surface area contributed by atoms with Crippen LogP contribution in [0.5, 0.6) is 5.75 Å². The molecule has 1 aromatic heterocycles. The van der Waals surface area contributed by atoms with Gasteiger partial charge >= 0.3 is 5.97 Å². The summed E-state index contributed by atoms with van der Waals surface area (Å²) in [5, 5.41) is 0. The fourth-order valence-electron chi connectivity index (χ4n) is 3.48. The molecule has 1 aromatic carbocycles. The maximum atomic E-state index is 13.0. The van der Waals surface area contributed by atoms with Gasteiger partial charge in [-0.15, -0.1) is 0 Å². The standard InChI is InChI=1S/C20H24N2O6/c1-5-28-20(24)16-10-21-18-15-9-13(25-2)6-7-14(15)12(8-17(26-3)27-4)11-22(18)19(16)23/h6-7,9-10,12,17H,5,8,11H2,1-4H3. The van der Waals surface area contributed by atoms with Gasteiger partial charge < -0.3 is 18.9 Å². The van der Waals surface area contributed by atoms with Gasteiger partial charge in [0.1, 0.15) is 17.1 Å². The Morgan fingerprint density at radius 1 is 1.29 bits per heavy atom. The van der Waals surface area contributed by atoms with Gasteiger partial charge in [0.25, 0.3) is 5.56 Å². The fraction of sp³-hybridized carbons (Fsp3) is 0.450. The topological polar surface area (TPSA) is 88.9 Å². The van der Waals surface area contributed by atoms with Crippen LogP contribution in [0.25, 0.3) is 11.4 Å². The highest BCUT2D eigenvalue weighted by molar-refractivity contribution is 5.89. The Labute approximate surface area is 163 Å². The number of fused-ring (bicyclic) bond motifs is 3. The second-order valence-electron chi connectivity index (χ2n) is 6.42. The molecule has 8 heteroatoms. The number of aromatic nitrogens is 2. The predicted molar refractivity (Wildman–Crippen MR) is 102 cm³/mol. The fourth-order valence-corrected chi connectivity index (χ4v) is 3.48. The summed E-state index contributed by atoms with van der Waals surface area (Å²) in [4.78, 5) is 29.5. The summed E-state index contributed by atoms with van der Waals surface area (Å²) in [6.07, 6.45) is 1.41. The van der Waals surface area contributed by atoms with E-state index in [0.717, 1.165) is 11.1 Å². The zero-order valence-corrected chi connectivity index (χ0v) is 16.4. The molecule has 0 bridgehead atoms. The molecule has 0 radical (unpaired) electrons. The monoisotopic (exact) mass is 388 g/mol. The summed E-state index contributed by atoms with van der Waals surface area (Å²) in [6, 6.07) is 5.69. The van der Waals surface area contributed by atoms with Crippen LogP contribution in [-0.2, 0) is 20.8 Å². The first-order valence-corrected chi connectivity index (χ1v) is 9.04. The Hall–Kier alpha value is -2.71. The molecule has 0 amide bonds. The van der Waals surface area contributed by atoms with Gasteiger partial charge in [0, 0.05) is 44.9 Å². The van der Waals surface area contributed by atoms with Crippen LogP contribution in [0.4, 0.5) is 0 Å². The lowest BCUT2D eigenvalue weighted by Crippen LogP contribution is -2.35. The molecule has 0 saturated carbocycles. The van der Waals surface area contributed by atoms with E-state index in [4.69, 9.17) is 18.9 Å². The van der Waals surface area contributed by atoms with E-state index in [1.165, 1.54) is 10.8 Å². The first-order chi connectivity index (χ1) is 13.5. The summed E-state index contributed by atoms with van der Waals surface area (Å²) in [6.45, 7) is 2.23. The van der Waals surface area contributed by atoms with E-state index in [-0.39, 0.29) is 18.1 Å². The Morgan fingerprint density at radius 3 is 2.68 bits per heavy atom. The normalized spacial score (nSPS) is 15.1. The van der Waals surface area contributed by atoms with Gasteiger partial charge in [-0.1, -0.05) is 6.07 Å². The van der Waals surface area contributed by atoms with E-state index < -0.39 is 17.8 Å². The van der Waals surface area contributed by atoms with Crippen molar-refractivity contribution >= 4 is 5.97 Å². The van der Waals surface area contributed by atoms with Gasteiger partial charge in [-0.3, -0.25) is 9.36 Å². The van der Waals surface area contributed by atoms with E-state index in [0.29, 0.717) is 24.5 Å². The minimum Gasteiger partial charge on any atom is -0.497 e. The molecule has 28 heavy (non-hydrogen) atoms. The molecule has 8 nitrogen and oxygen atoms in total. The van der Waals surface area contributed by atoms with Crippen LogP contribution in [0.2, 0.25) is 0 Å². The minimum absolute atomic E-state index is 0.0600.